The molecule has 1 aromatic carbocycles. The fourth-order valence-electron chi connectivity index (χ4n) is 1.84. The van der Waals surface area contributed by atoms with E-state index in [-0.39, 0.29) is 5.76 Å². The van der Waals surface area contributed by atoms with Gasteiger partial charge in [-0.1, -0.05) is 42.5 Å². The first-order chi connectivity index (χ1) is 7.18. The van der Waals surface area contributed by atoms with Gasteiger partial charge in [0.25, 0.3) is 0 Å². The van der Waals surface area contributed by atoms with Crippen molar-refractivity contribution in [1.29, 1.82) is 0 Å². The average molecular weight is 202 g/mol. The molecule has 1 unspecified atom stereocenters. The maximum Gasteiger partial charge on any atom is 0.0954 e. The molecule has 2 heteroatoms. The fourth-order valence-corrected chi connectivity index (χ4v) is 1.84. The van der Waals surface area contributed by atoms with Crippen LogP contribution in [0.25, 0.3) is 0 Å². The van der Waals surface area contributed by atoms with E-state index < -0.39 is 5.60 Å². The Morgan fingerprint density at radius 3 is 2.60 bits per heavy atom. The maximum absolute atomic E-state index is 10.2. The summed E-state index contributed by atoms with van der Waals surface area (Å²) in [5.74, 6) is 0.232. The molecule has 78 valence electrons. The molecule has 0 amide bonds. The third kappa shape index (κ3) is 2.48. The number of aliphatic hydroxyl groups excluding tert-OH is 1. The van der Waals surface area contributed by atoms with Gasteiger partial charge in [0.2, 0.25) is 0 Å². The number of benzene rings is 1. The lowest BCUT2D eigenvalue weighted by Crippen LogP contribution is -2.30. The molecular weight excluding hydrogens is 188 g/mol. The molecule has 0 heterocycles. The number of hydrogen-bond acceptors (Lipinski definition) is 2. The van der Waals surface area contributed by atoms with Crippen LogP contribution in [-0.4, -0.2) is 15.8 Å². The van der Waals surface area contributed by atoms with Crippen LogP contribution in [0.2, 0.25) is 0 Å². The number of rotatable bonds is 2. The lowest BCUT2D eigenvalue weighted by molar-refractivity contribution is 0.0776. The zero-order valence-electron chi connectivity index (χ0n) is 8.43. The van der Waals surface area contributed by atoms with Crippen molar-refractivity contribution in [3.05, 3.63) is 59.9 Å². The summed E-state index contributed by atoms with van der Waals surface area (Å²) in [7, 11) is 0. The summed E-state index contributed by atoms with van der Waals surface area (Å²) in [5, 5.41) is 19.6. The van der Waals surface area contributed by atoms with Crippen LogP contribution in [0, 0.1) is 0 Å². The Balaban J connectivity index is 2.13. The van der Waals surface area contributed by atoms with Gasteiger partial charge in [-0.15, -0.1) is 0 Å². The quantitative estimate of drug-likeness (QED) is 0.773. The van der Waals surface area contributed by atoms with Gasteiger partial charge in [0.15, 0.2) is 0 Å². The first-order valence-electron chi connectivity index (χ1n) is 5.02. The molecule has 0 spiro atoms. The molecule has 0 radical (unpaired) electrons. The molecule has 0 aromatic heterocycles. The third-order valence-corrected chi connectivity index (χ3v) is 2.54. The Hall–Kier alpha value is -1.54. The largest absolute Gasteiger partial charge is 0.512 e. The second kappa shape index (κ2) is 3.91. The SMILES string of the molecule is OC1=CC=CC(O)(Cc2ccccc2)C1. The van der Waals surface area contributed by atoms with E-state index in [4.69, 9.17) is 0 Å². The summed E-state index contributed by atoms with van der Waals surface area (Å²) < 4.78 is 0. The van der Waals surface area contributed by atoms with E-state index in [1.54, 1.807) is 18.2 Å². The molecule has 0 aliphatic heterocycles. The molecule has 2 rings (SSSR count). The predicted octanol–water partition coefficient (Wildman–Crippen LogP) is 2.36. The highest BCUT2D eigenvalue weighted by molar-refractivity contribution is 5.26. The molecule has 15 heavy (non-hydrogen) atoms. The first-order valence-corrected chi connectivity index (χ1v) is 5.02. The van der Waals surface area contributed by atoms with E-state index in [2.05, 4.69) is 0 Å². The fraction of sp³-hybridized carbons (Fsp3) is 0.231. The van der Waals surface area contributed by atoms with Gasteiger partial charge in [-0.05, 0) is 11.6 Å². The molecule has 0 saturated carbocycles. The highest BCUT2D eigenvalue weighted by Gasteiger charge is 2.27. The summed E-state index contributed by atoms with van der Waals surface area (Å²) in [6, 6.07) is 9.78. The molecule has 0 fully saturated rings. The van der Waals surface area contributed by atoms with E-state index in [9.17, 15) is 10.2 Å². The van der Waals surface area contributed by atoms with Crippen molar-refractivity contribution in [2.45, 2.75) is 18.4 Å². The second-order valence-corrected chi connectivity index (χ2v) is 3.96. The van der Waals surface area contributed by atoms with Gasteiger partial charge in [-0.3, -0.25) is 0 Å². The topological polar surface area (TPSA) is 40.5 Å². The summed E-state index contributed by atoms with van der Waals surface area (Å²) >= 11 is 0. The van der Waals surface area contributed by atoms with Crippen LogP contribution < -0.4 is 0 Å². The van der Waals surface area contributed by atoms with Gasteiger partial charge >= 0.3 is 0 Å². The molecule has 1 aliphatic carbocycles. The van der Waals surface area contributed by atoms with Gasteiger partial charge in [-0.2, -0.15) is 0 Å². The summed E-state index contributed by atoms with van der Waals surface area (Å²) in [6.07, 6.45) is 5.86. The van der Waals surface area contributed by atoms with Gasteiger partial charge < -0.3 is 10.2 Å². The van der Waals surface area contributed by atoms with Crippen LogP contribution in [0.3, 0.4) is 0 Å². The summed E-state index contributed by atoms with van der Waals surface area (Å²) in [4.78, 5) is 0. The van der Waals surface area contributed by atoms with Gasteiger partial charge in [0.05, 0.1) is 11.4 Å². The Bertz CT molecular complexity index is 392. The van der Waals surface area contributed by atoms with Crippen LogP contribution in [0.15, 0.2) is 54.3 Å². The molecule has 0 saturated heterocycles. The third-order valence-electron chi connectivity index (χ3n) is 2.54. The van der Waals surface area contributed by atoms with Gasteiger partial charge in [0.1, 0.15) is 0 Å². The standard InChI is InChI=1S/C13H14O2/c14-12-7-4-8-13(15,10-12)9-11-5-2-1-3-6-11/h1-8,14-15H,9-10H2. The van der Waals surface area contributed by atoms with Crippen molar-refractivity contribution < 1.29 is 10.2 Å². The van der Waals surface area contributed by atoms with Crippen molar-refractivity contribution in [2.75, 3.05) is 0 Å². The zero-order valence-corrected chi connectivity index (χ0v) is 8.43. The van der Waals surface area contributed by atoms with Crippen LogP contribution in [0.4, 0.5) is 0 Å². The molecule has 1 aromatic rings. The lowest BCUT2D eigenvalue weighted by atomic mass is 9.87. The van der Waals surface area contributed by atoms with Crippen LogP contribution in [0.5, 0.6) is 0 Å². The van der Waals surface area contributed by atoms with Crippen molar-refractivity contribution in [3.63, 3.8) is 0 Å². The Morgan fingerprint density at radius 2 is 1.93 bits per heavy atom. The van der Waals surface area contributed by atoms with Crippen LogP contribution in [0.1, 0.15) is 12.0 Å². The van der Waals surface area contributed by atoms with E-state index >= 15 is 0 Å². The average Bonchev–Trinajstić information content (AvgIpc) is 2.18. The number of hydrogen-bond donors (Lipinski definition) is 2. The van der Waals surface area contributed by atoms with Crippen molar-refractivity contribution in [2.24, 2.45) is 0 Å². The van der Waals surface area contributed by atoms with Gasteiger partial charge in [0, 0.05) is 12.8 Å². The minimum atomic E-state index is -0.944. The Morgan fingerprint density at radius 1 is 1.20 bits per heavy atom. The predicted molar refractivity (Wildman–Crippen MR) is 59.6 cm³/mol. The van der Waals surface area contributed by atoms with Crippen molar-refractivity contribution in [3.8, 4) is 0 Å². The minimum Gasteiger partial charge on any atom is -0.512 e. The van der Waals surface area contributed by atoms with Crippen molar-refractivity contribution >= 4 is 0 Å². The summed E-state index contributed by atoms with van der Waals surface area (Å²) in [5.41, 5.74) is 0.125. The van der Waals surface area contributed by atoms with E-state index in [0.717, 1.165) is 5.56 Å². The highest BCUT2D eigenvalue weighted by Crippen LogP contribution is 2.25. The smallest absolute Gasteiger partial charge is 0.0954 e. The molecule has 2 N–H and O–H groups in total. The van der Waals surface area contributed by atoms with Gasteiger partial charge in [-0.25, -0.2) is 0 Å². The number of allylic oxidation sites excluding steroid dienone is 2. The minimum absolute atomic E-state index is 0.232. The first kappa shape index (κ1) is 9.99. The highest BCUT2D eigenvalue weighted by atomic mass is 16.3. The Labute approximate surface area is 89.2 Å². The molecule has 2 nitrogen and oxygen atoms in total. The van der Waals surface area contributed by atoms with Crippen molar-refractivity contribution in [1.82, 2.24) is 0 Å². The lowest BCUT2D eigenvalue weighted by Gasteiger charge is -2.26. The molecule has 1 atom stereocenters. The molecular formula is C13H14O2. The number of aliphatic hydroxyl groups is 2. The van der Waals surface area contributed by atoms with Crippen LogP contribution in [-0.2, 0) is 6.42 Å². The van der Waals surface area contributed by atoms with E-state index in [1.807, 2.05) is 30.3 Å². The monoisotopic (exact) mass is 202 g/mol. The van der Waals surface area contributed by atoms with E-state index in [1.165, 1.54) is 0 Å². The molecule has 1 aliphatic rings. The zero-order chi connectivity index (χ0) is 10.7. The van der Waals surface area contributed by atoms with E-state index in [0.29, 0.717) is 12.8 Å². The molecule has 0 bridgehead atoms. The maximum atomic E-state index is 10.2. The normalized spacial score (nSPS) is 25.0. The Kier molecular flexibility index (Phi) is 2.60. The second-order valence-electron chi connectivity index (χ2n) is 3.96. The summed E-state index contributed by atoms with van der Waals surface area (Å²) in [6.45, 7) is 0. The van der Waals surface area contributed by atoms with Crippen LogP contribution >= 0.6 is 0 Å².